The summed E-state index contributed by atoms with van der Waals surface area (Å²) in [5, 5.41) is 18.1. The van der Waals surface area contributed by atoms with Crippen LogP contribution in [0.2, 0.25) is 0 Å². The first-order valence-electron chi connectivity index (χ1n) is 2.19. The Hall–Kier alpha value is -1.46. The molecule has 6 nitrogen and oxygen atoms in total. The van der Waals surface area contributed by atoms with Gasteiger partial charge in [-0.15, -0.1) is 5.11 Å². The predicted molar refractivity (Wildman–Crippen MR) is 25.6 cm³/mol. The van der Waals surface area contributed by atoms with E-state index in [4.69, 9.17) is 0 Å². The van der Waals surface area contributed by atoms with Crippen LogP contribution >= 0.6 is 0 Å². The molecule has 0 radical (unpaired) electrons. The standard InChI is InChI=1S/C3H4N4O2/c1-7-2-3(4-5-8)9-6-7/h2H,1H3. The average Bonchev–Trinajstić information content (AvgIpc) is 2.17. The molecule has 0 saturated heterocycles. The van der Waals surface area contributed by atoms with Gasteiger partial charge >= 0.3 is 5.88 Å². The minimum atomic E-state index is 0.104. The first-order chi connectivity index (χ1) is 4.33. The van der Waals surface area contributed by atoms with E-state index in [1.165, 1.54) is 10.9 Å². The zero-order valence-corrected chi connectivity index (χ0v) is 4.68. The van der Waals surface area contributed by atoms with E-state index in [2.05, 4.69) is 20.2 Å². The average molecular weight is 128 g/mol. The van der Waals surface area contributed by atoms with Crippen molar-refractivity contribution in [3.05, 3.63) is 11.4 Å². The van der Waals surface area contributed by atoms with Crippen LogP contribution in [0.4, 0.5) is 5.88 Å². The number of aromatic nitrogens is 2. The maximum atomic E-state index is 9.47. The molecule has 0 spiro atoms. The summed E-state index contributed by atoms with van der Waals surface area (Å²) in [5.41, 5.74) is 0. The Morgan fingerprint density at radius 1 is 1.89 bits per heavy atom. The first kappa shape index (κ1) is 5.67. The topological polar surface area (TPSA) is 77.7 Å². The Balaban J connectivity index is 2.85. The van der Waals surface area contributed by atoms with Gasteiger partial charge in [0.25, 0.3) is 6.20 Å². The minimum absolute atomic E-state index is 0.104. The van der Waals surface area contributed by atoms with Crippen LogP contribution in [0.3, 0.4) is 0 Å². The summed E-state index contributed by atoms with van der Waals surface area (Å²) < 4.78 is 5.84. The van der Waals surface area contributed by atoms with Crippen LogP contribution in [0.15, 0.2) is 21.1 Å². The molecule has 1 aromatic heterocycles. The number of nitrogens with zero attached hydrogens (tertiary/aromatic N) is 4. The molecule has 48 valence electrons. The van der Waals surface area contributed by atoms with E-state index in [1.807, 2.05) is 0 Å². The van der Waals surface area contributed by atoms with Crippen molar-refractivity contribution in [2.75, 3.05) is 0 Å². The van der Waals surface area contributed by atoms with E-state index >= 15 is 0 Å². The van der Waals surface area contributed by atoms with Gasteiger partial charge in [0.15, 0.2) is 12.3 Å². The largest absolute Gasteiger partial charge is 0.775 e. The smallest absolute Gasteiger partial charge is 0.339 e. The van der Waals surface area contributed by atoms with Crippen molar-refractivity contribution >= 4 is 5.88 Å². The lowest BCUT2D eigenvalue weighted by atomic mass is 10.8. The molecular weight excluding hydrogens is 124 g/mol. The zero-order chi connectivity index (χ0) is 6.69. The van der Waals surface area contributed by atoms with Gasteiger partial charge in [-0.1, -0.05) is 4.68 Å². The highest BCUT2D eigenvalue weighted by molar-refractivity contribution is 5.09. The highest BCUT2D eigenvalue weighted by atomic mass is 16.5. The van der Waals surface area contributed by atoms with Gasteiger partial charge in [-0.05, 0) is 0 Å². The molecule has 0 fully saturated rings. The van der Waals surface area contributed by atoms with Crippen molar-refractivity contribution in [1.29, 1.82) is 0 Å². The number of hydrogen-bond donors (Lipinski definition) is 0. The molecule has 1 rings (SSSR count). The van der Waals surface area contributed by atoms with E-state index in [-0.39, 0.29) is 5.88 Å². The van der Waals surface area contributed by atoms with Crippen LogP contribution in [0.25, 0.3) is 0 Å². The molecule has 0 aliphatic heterocycles. The maximum Gasteiger partial charge on any atom is 0.339 e. The third-order valence-corrected chi connectivity index (χ3v) is 0.700. The van der Waals surface area contributed by atoms with Gasteiger partial charge in [-0.25, -0.2) is 5.28 Å². The van der Waals surface area contributed by atoms with Crippen molar-refractivity contribution < 1.29 is 9.20 Å². The van der Waals surface area contributed by atoms with Crippen molar-refractivity contribution in [3.8, 4) is 0 Å². The SMILES string of the molecule is C[n+]1cc(/N=N/[O-])on1. The van der Waals surface area contributed by atoms with E-state index in [1.54, 1.807) is 7.05 Å². The van der Waals surface area contributed by atoms with E-state index in [0.29, 0.717) is 0 Å². The Morgan fingerprint density at radius 3 is 3.11 bits per heavy atom. The van der Waals surface area contributed by atoms with Crippen LogP contribution in [0.1, 0.15) is 0 Å². The molecule has 1 aromatic rings. The van der Waals surface area contributed by atoms with E-state index in [9.17, 15) is 5.21 Å². The van der Waals surface area contributed by atoms with Gasteiger partial charge in [-0.2, -0.15) is 0 Å². The van der Waals surface area contributed by atoms with Crippen molar-refractivity contribution in [2.45, 2.75) is 0 Å². The Bertz CT molecular complexity index is 217. The summed E-state index contributed by atoms with van der Waals surface area (Å²) in [6.45, 7) is 0. The number of hydrogen-bond acceptors (Lipinski definition) is 5. The van der Waals surface area contributed by atoms with Crippen molar-refractivity contribution in [1.82, 2.24) is 5.27 Å². The normalized spacial score (nSPS) is 10.8. The summed E-state index contributed by atoms with van der Waals surface area (Å²) in [6, 6.07) is 0. The van der Waals surface area contributed by atoms with Gasteiger partial charge in [-0.3, -0.25) is 4.52 Å². The van der Waals surface area contributed by atoms with Crippen LogP contribution < -0.4 is 4.68 Å². The molecule has 0 saturated carbocycles. The molecule has 1 heterocycles. The lowest BCUT2D eigenvalue weighted by molar-refractivity contribution is -0.739. The molecule has 0 amide bonds. The summed E-state index contributed by atoms with van der Waals surface area (Å²) in [6.07, 6.45) is 1.43. The van der Waals surface area contributed by atoms with Crippen LogP contribution in [-0.2, 0) is 7.05 Å². The van der Waals surface area contributed by atoms with E-state index in [0.717, 1.165) is 0 Å². The Kier molecular flexibility index (Phi) is 1.39. The number of rotatable bonds is 1. The molecule has 9 heavy (non-hydrogen) atoms. The van der Waals surface area contributed by atoms with E-state index < -0.39 is 0 Å². The second-order valence-corrected chi connectivity index (χ2v) is 1.40. The van der Waals surface area contributed by atoms with Gasteiger partial charge in [0.1, 0.15) is 0 Å². The summed E-state index contributed by atoms with van der Waals surface area (Å²) in [4.78, 5) is 0. The van der Waals surface area contributed by atoms with Crippen LogP contribution in [0, 0.1) is 5.21 Å². The summed E-state index contributed by atoms with van der Waals surface area (Å²) in [5.74, 6) is 0.104. The molecule has 0 unspecified atom stereocenters. The third kappa shape index (κ3) is 1.21. The lowest BCUT2D eigenvalue weighted by Gasteiger charge is -1.79. The third-order valence-electron chi connectivity index (χ3n) is 0.700. The summed E-state index contributed by atoms with van der Waals surface area (Å²) in [7, 11) is 1.65. The minimum Gasteiger partial charge on any atom is -0.775 e. The molecule has 0 atom stereocenters. The second-order valence-electron chi connectivity index (χ2n) is 1.40. The van der Waals surface area contributed by atoms with Crippen molar-refractivity contribution in [3.63, 3.8) is 0 Å². The predicted octanol–water partition coefficient (Wildman–Crippen LogP) is 0.0806. The van der Waals surface area contributed by atoms with Crippen LogP contribution in [-0.4, -0.2) is 5.27 Å². The fourth-order valence-electron chi connectivity index (χ4n) is 0.398. The van der Waals surface area contributed by atoms with Gasteiger partial charge in [0.2, 0.25) is 0 Å². The summed E-state index contributed by atoms with van der Waals surface area (Å²) >= 11 is 0. The number of aryl methyl sites for hydroxylation is 1. The molecule has 0 aromatic carbocycles. The fraction of sp³-hybridized carbons (Fsp3) is 0.333. The Labute approximate surface area is 50.4 Å². The molecule has 0 bridgehead atoms. The zero-order valence-electron chi connectivity index (χ0n) is 4.68. The van der Waals surface area contributed by atoms with Gasteiger partial charge < -0.3 is 5.21 Å². The molecule has 0 aliphatic carbocycles. The highest BCUT2D eigenvalue weighted by Crippen LogP contribution is 2.04. The molecule has 0 N–H and O–H groups in total. The maximum absolute atomic E-state index is 9.47. The van der Waals surface area contributed by atoms with Gasteiger partial charge in [0.05, 0.1) is 0 Å². The van der Waals surface area contributed by atoms with Crippen molar-refractivity contribution in [2.24, 2.45) is 17.4 Å². The monoisotopic (exact) mass is 128 g/mol. The first-order valence-corrected chi connectivity index (χ1v) is 2.19. The fourth-order valence-corrected chi connectivity index (χ4v) is 0.398. The van der Waals surface area contributed by atoms with Crippen LogP contribution in [0.5, 0.6) is 0 Å². The molecule has 0 aliphatic rings. The van der Waals surface area contributed by atoms with Gasteiger partial charge in [0, 0.05) is 0 Å². The molecule has 6 heteroatoms. The lowest BCUT2D eigenvalue weighted by Crippen LogP contribution is -2.27. The Morgan fingerprint density at radius 2 is 2.67 bits per heavy atom. The quantitative estimate of drug-likeness (QED) is 0.305. The molecular formula is C3H4N4O2. The highest BCUT2D eigenvalue weighted by Gasteiger charge is 2.02. The second kappa shape index (κ2) is 2.21.